The molecule has 14 heavy (non-hydrogen) atoms. The Morgan fingerprint density at radius 1 is 1.43 bits per heavy atom. The minimum Gasteiger partial charge on any atom is -0.379 e. The normalized spacial score (nSPS) is 34.4. The first kappa shape index (κ1) is 9.02. The first-order chi connectivity index (χ1) is 6.83. The van der Waals surface area contributed by atoms with E-state index in [1.807, 2.05) is 18.4 Å². The highest BCUT2D eigenvalue weighted by molar-refractivity contribution is 5.84. The van der Waals surface area contributed by atoms with Gasteiger partial charge in [-0.15, -0.1) is 0 Å². The van der Waals surface area contributed by atoms with Gasteiger partial charge < -0.3 is 16.4 Å². The molecule has 4 heteroatoms. The number of carbonyl (C=O) groups excluding carboxylic acids is 1. The van der Waals surface area contributed by atoms with Crippen LogP contribution in [0.25, 0.3) is 0 Å². The van der Waals surface area contributed by atoms with Crippen LogP contribution in [0.15, 0.2) is 36.2 Å². The summed E-state index contributed by atoms with van der Waals surface area (Å²) in [6, 6.07) is -0.213. The Morgan fingerprint density at radius 3 is 3.07 bits per heavy atom. The first-order valence-corrected chi connectivity index (χ1v) is 4.61. The average molecular weight is 191 g/mol. The molecule has 74 valence electrons. The maximum Gasteiger partial charge on any atom is 0.247 e. The van der Waals surface area contributed by atoms with Crippen molar-refractivity contribution in [3.05, 3.63) is 36.2 Å². The third-order valence-corrected chi connectivity index (χ3v) is 2.51. The molecule has 2 heterocycles. The van der Waals surface area contributed by atoms with Gasteiger partial charge in [0, 0.05) is 18.7 Å². The second kappa shape index (κ2) is 3.67. The predicted octanol–water partition coefficient (Wildman–Crippen LogP) is -0.383. The Bertz CT molecular complexity index is 330. The lowest BCUT2D eigenvalue weighted by atomic mass is 9.93. The number of nitrogens with two attached hydrogens (primary N) is 1. The van der Waals surface area contributed by atoms with Crippen LogP contribution in [0.4, 0.5) is 0 Å². The summed E-state index contributed by atoms with van der Waals surface area (Å²) in [6.45, 7) is 0.482. The van der Waals surface area contributed by atoms with Crippen molar-refractivity contribution in [3.8, 4) is 0 Å². The molecular formula is C10H13N3O. The minimum absolute atomic E-state index is 0.0182. The molecule has 0 aliphatic carbocycles. The van der Waals surface area contributed by atoms with Gasteiger partial charge in [-0.3, -0.25) is 4.79 Å². The van der Waals surface area contributed by atoms with Crippen LogP contribution >= 0.6 is 0 Å². The van der Waals surface area contributed by atoms with E-state index in [1.165, 1.54) is 0 Å². The first-order valence-electron chi connectivity index (χ1n) is 4.61. The Hall–Kier alpha value is -1.55. The summed E-state index contributed by atoms with van der Waals surface area (Å²) in [6.07, 6.45) is 9.20. The number of hydrogen-bond acceptors (Lipinski definition) is 3. The monoisotopic (exact) mass is 191 g/mol. The molecule has 0 radical (unpaired) electrons. The summed E-state index contributed by atoms with van der Waals surface area (Å²) in [7, 11) is 0. The maximum absolute atomic E-state index is 11.6. The summed E-state index contributed by atoms with van der Waals surface area (Å²) in [5.74, 6) is 0.0697. The maximum atomic E-state index is 11.6. The van der Waals surface area contributed by atoms with Crippen molar-refractivity contribution in [1.82, 2.24) is 10.6 Å². The molecule has 2 atom stereocenters. The van der Waals surface area contributed by atoms with Gasteiger partial charge in [0.15, 0.2) is 0 Å². The molecule has 4 nitrogen and oxygen atoms in total. The van der Waals surface area contributed by atoms with Crippen molar-refractivity contribution in [2.45, 2.75) is 6.04 Å². The second-order valence-electron chi connectivity index (χ2n) is 3.35. The van der Waals surface area contributed by atoms with Gasteiger partial charge in [0.25, 0.3) is 0 Å². The molecule has 2 unspecified atom stereocenters. The number of carbonyl (C=O) groups is 1. The Kier molecular flexibility index (Phi) is 2.37. The Morgan fingerprint density at radius 2 is 2.29 bits per heavy atom. The Balaban J connectivity index is 2.26. The lowest BCUT2D eigenvalue weighted by molar-refractivity contribution is -0.122. The highest BCUT2D eigenvalue weighted by Crippen LogP contribution is 2.22. The average Bonchev–Trinajstić information content (AvgIpc) is 2.56. The zero-order chi connectivity index (χ0) is 9.97. The van der Waals surface area contributed by atoms with Gasteiger partial charge in [0.1, 0.15) is 6.04 Å². The quantitative estimate of drug-likeness (QED) is 0.529. The molecule has 1 amide bonds. The minimum atomic E-state index is -0.213. The molecule has 0 spiro atoms. The highest BCUT2D eigenvalue weighted by Gasteiger charge is 2.32. The van der Waals surface area contributed by atoms with Crippen LogP contribution in [0.5, 0.6) is 0 Å². The third-order valence-electron chi connectivity index (χ3n) is 2.51. The molecule has 0 aromatic rings. The van der Waals surface area contributed by atoms with Crippen molar-refractivity contribution < 1.29 is 4.79 Å². The number of hydrogen-bond donors (Lipinski definition) is 3. The van der Waals surface area contributed by atoms with E-state index in [0.717, 1.165) is 5.57 Å². The summed E-state index contributed by atoms with van der Waals surface area (Å²) in [5, 5.41) is 5.73. The van der Waals surface area contributed by atoms with E-state index in [4.69, 9.17) is 5.73 Å². The molecule has 0 fully saturated rings. The number of nitrogens with one attached hydrogen (secondary N) is 2. The fraction of sp³-hybridized carbons (Fsp3) is 0.300. The summed E-state index contributed by atoms with van der Waals surface area (Å²) in [4.78, 5) is 11.6. The van der Waals surface area contributed by atoms with E-state index in [9.17, 15) is 4.79 Å². The van der Waals surface area contributed by atoms with Crippen LogP contribution in [0.1, 0.15) is 0 Å². The van der Waals surface area contributed by atoms with Crippen LogP contribution in [0, 0.1) is 5.92 Å². The van der Waals surface area contributed by atoms with Gasteiger partial charge in [0.2, 0.25) is 5.91 Å². The van der Waals surface area contributed by atoms with Gasteiger partial charge in [-0.1, -0.05) is 12.2 Å². The summed E-state index contributed by atoms with van der Waals surface area (Å²) < 4.78 is 0. The third kappa shape index (κ3) is 1.44. The predicted molar refractivity (Wildman–Crippen MR) is 54.0 cm³/mol. The van der Waals surface area contributed by atoms with E-state index >= 15 is 0 Å². The van der Waals surface area contributed by atoms with Crippen LogP contribution in [-0.2, 0) is 4.79 Å². The number of rotatable bonds is 1. The van der Waals surface area contributed by atoms with Crippen LogP contribution in [-0.4, -0.2) is 18.5 Å². The van der Waals surface area contributed by atoms with Crippen molar-refractivity contribution in [3.63, 3.8) is 0 Å². The highest BCUT2D eigenvalue weighted by atomic mass is 16.2. The number of allylic oxidation sites excluding steroid dienone is 2. The lowest BCUT2D eigenvalue weighted by Gasteiger charge is -2.18. The molecule has 2 aliphatic heterocycles. The number of amides is 1. The molecule has 4 N–H and O–H groups in total. The smallest absolute Gasteiger partial charge is 0.247 e. The van der Waals surface area contributed by atoms with Crippen LogP contribution in [0.2, 0.25) is 0 Å². The SMILES string of the molecule is NCC1=CNC2C(=O)N/C=C/C=C/C12. The molecule has 2 rings (SSSR count). The molecule has 0 aromatic carbocycles. The fourth-order valence-electron chi connectivity index (χ4n) is 1.74. The largest absolute Gasteiger partial charge is 0.379 e. The van der Waals surface area contributed by atoms with Gasteiger partial charge >= 0.3 is 0 Å². The van der Waals surface area contributed by atoms with Crippen molar-refractivity contribution in [1.29, 1.82) is 0 Å². The van der Waals surface area contributed by atoms with Crippen LogP contribution in [0.3, 0.4) is 0 Å². The van der Waals surface area contributed by atoms with Crippen LogP contribution < -0.4 is 16.4 Å². The van der Waals surface area contributed by atoms with Gasteiger partial charge in [-0.25, -0.2) is 0 Å². The van der Waals surface area contributed by atoms with Crippen molar-refractivity contribution in [2.24, 2.45) is 11.7 Å². The molecule has 0 bridgehead atoms. The second-order valence-corrected chi connectivity index (χ2v) is 3.35. The molecule has 0 aromatic heterocycles. The van der Waals surface area contributed by atoms with E-state index in [1.54, 1.807) is 12.3 Å². The van der Waals surface area contributed by atoms with E-state index in [2.05, 4.69) is 10.6 Å². The van der Waals surface area contributed by atoms with Crippen molar-refractivity contribution >= 4 is 5.91 Å². The standard InChI is InChI=1S/C10H13N3O/c11-5-7-6-13-9-8(7)3-1-2-4-12-10(9)14/h1-4,6,8-9,13H,5,11H2,(H,12,14)/b3-1+,4-2+. The van der Waals surface area contributed by atoms with Crippen molar-refractivity contribution in [2.75, 3.05) is 6.54 Å². The van der Waals surface area contributed by atoms with E-state index in [0.29, 0.717) is 6.54 Å². The van der Waals surface area contributed by atoms with E-state index < -0.39 is 0 Å². The number of fused-ring (bicyclic) bond motifs is 1. The van der Waals surface area contributed by atoms with Gasteiger partial charge in [0.05, 0.1) is 0 Å². The zero-order valence-electron chi connectivity index (χ0n) is 7.73. The summed E-state index contributed by atoms with van der Waals surface area (Å²) >= 11 is 0. The zero-order valence-corrected chi connectivity index (χ0v) is 7.73. The Labute approximate surface area is 82.5 Å². The molecule has 2 aliphatic rings. The molecule has 0 saturated carbocycles. The topological polar surface area (TPSA) is 67.1 Å². The van der Waals surface area contributed by atoms with Gasteiger partial charge in [-0.2, -0.15) is 0 Å². The van der Waals surface area contributed by atoms with E-state index in [-0.39, 0.29) is 17.9 Å². The van der Waals surface area contributed by atoms with Gasteiger partial charge in [-0.05, 0) is 17.8 Å². The summed E-state index contributed by atoms with van der Waals surface area (Å²) in [5.41, 5.74) is 6.65. The molecule has 0 saturated heterocycles. The molecular weight excluding hydrogens is 178 g/mol. The fourth-order valence-corrected chi connectivity index (χ4v) is 1.74. The lowest BCUT2D eigenvalue weighted by Crippen LogP contribution is -2.42.